The van der Waals surface area contributed by atoms with Crippen molar-refractivity contribution in [1.29, 1.82) is 0 Å². The van der Waals surface area contributed by atoms with E-state index in [0.717, 1.165) is 11.1 Å². The lowest BCUT2D eigenvalue weighted by atomic mass is 9.82. The number of nitrogens with zero attached hydrogens (tertiary/aromatic N) is 2. The topological polar surface area (TPSA) is 49.9 Å². The Labute approximate surface area is 204 Å². The monoisotopic (exact) mass is 470 g/mol. The summed E-state index contributed by atoms with van der Waals surface area (Å²) in [5, 5.41) is 0. The van der Waals surface area contributed by atoms with E-state index in [4.69, 9.17) is 4.74 Å². The van der Waals surface area contributed by atoms with Crippen LogP contribution in [-0.2, 0) is 16.1 Å². The normalized spacial score (nSPS) is 21.8. The molecule has 178 valence electrons. The van der Waals surface area contributed by atoms with Crippen molar-refractivity contribution in [3.8, 4) is 0 Å². The molecular formula is C29H27FN2O3. The highest BCUT2D eigenvalue weighted by Gasteiger charge is 2.50. The van der Waals surface area contributed by atoms with E-state index in [0.29, 0.717) is 30.6 Å². The summed E-state index contributed by atoms with van der Waals surface area (Å²) >= 11 is 0. The standard InChI is InChI=1S/C29H27FN2O3/c1-21-18-29(15-16-31(21)28(34)35-20-22-9-4-2-5-10-22)19-26(23-11-6-3-7-12-23)27(33)32(29)25-14-8-13-24(30)17-25/h2-14,17,19,21H,15-16,18,20H2,1H3/t21-,29+/m0/s1. The minimum atomic E-state index is -0.661. The molecular weight excluding hydrogens is 443 g/mol. The fourth-order valence-electron chi connectivity index (χ4n) is 5.20. The summed E-state index contributed by atoms with van der Waals surface area (Å²) in [5.41, 5.74) is 2.21. The van der Waals surface area contributed by atoms with Crippen molar-refractivity contribution < 1.29 is 18.7 Å². The van der Waals surface area contributed by atoms with Crippen LogP contribution in [0, 0.1) is 5.82 Å². The third-order valence-electron chi connectivity index (χ3n) is 6.85. The van der Waals surface area contributed by atoms with Gasteiger partial charge in [0.1, 0.15) is 12.4 Å². The van der Waals surface area contributed by atoms with Crippen molar-refractivity contribution in [2.24, 2.45) is 0 Å². The highest BCUT2D eigenvalue weighted by Crippen LogP contribution is 2.45. The third-order valence-corrected chi connectivity index (χ3v) is 6.85. The van der Waals surface area contributed by atoms with E-state index in [1.54, 1.807) is 21.9 Å². The van der Waals surface area contributed by atoms with Gasteiger partial charge in [0, 0.05) is 23.8 Å². The molecule has 5 nitrogen and oxygen atoms in total. The Hall–Kier alpha value is -3.93. The number of ether oxygens (including phenoxy) is 1. The van der Waals surface area contributed by atoms with Crippen LogP contribution in [0.15, 0.2) is 91.0 Å². The molecule has 2 aliphatic rings. The molecule has 0 N–H and O–H groups in total. The molecule has 0 saturated carbocycles. The van der Waals surface area contributed by atoms with E-state index in [-0.39, 0.29) is 24.6 Å². The molecule has 5 rings (SSSR count). The minimum absolute atomic E-state index is 0.158. The predicted molar refractivity (Wildman–Crippen MR) is 133 cm³/mol. The number of carbonyl (C=O) groups is 2. The van der Waals surface area contributed by atoms with Gasteiger partial charge >= 0.3 is 6.09 Å². The van der Waals surface area contributed by atoms with Crippen molar-refractivity contribution in [1.82, 2.24) is 4.90 Å². The van der Waals surface area contributed by atoms with Gasteiger partial charge in [0.25, 0.3) is 5.91 Å². The van der Waals surface area contributed by atoms with Crippen molar-refractivity contribution in [2.45, 2.75) is 38.0 Å². The van der Waals surface area contributed by atoms with Gasteiger partial charge in [0.2, 0.25) is 0 Å². The second-order valence-electron chi connectivity index (χ2n) is 9.18. The molecule has 2 atom stereocenters. The second-order valence-corrected chi connectivity index (χ2v) is 9.18. The van der Waals surface area contributed by atoms with Crippen LogP contribution in [0.2, 0.25) is 0 Å². The SMILES string of the molecule is C[C@H]1C[C@@]2(C=C(c3ccccc3)C(=O)N2c2cccc(F)c2)CCN1C(=O)OCc1ccccc1. The molecule has 0 unspecified atom stereocenters. The summed E-state index contributed by atoms with van der Waals surface area (Å²) in [4.78, 5) is 30.0. The molecule has 1 spiro atoms. The van der Waals surface area contributed by atoms with Gasteiger partial charge in [-0.15, -0.1) is 0 Å². The maximum absolute atomic E-state index is 14.2. The van der Waals surface area contributed by atoms with E-state index in [1.165, 1.54) is 12.1 Å². The van der Waals surface area contributed by atoms with Gasteiger partial charge in [0.15, 0.2) is 0 Å². The number of hydrogen-bond donors (Lipinski definition) is 0. The molecule has 2 aliphatic heterocycles. The van der Waals surface area contributed by atoms with Gasteiger partial charge < -0.3 is 9.64 Å². The Kier molecular flexibility index (Phi) is 6.12. The number of amides is 2. The fraction of sp³-hybridized carbons (Fsp3) is 0.241. The molecule has 3 aromatic rings. The molecule has 0 bridgehead atoms. The van der Waals surface area contributed by atoms with Gasteiger partial charge in [-0.1, -0.05) is 66.7 Å². The molecule has 0 radical (unpaired) electrons. The zero-order chi connectivity index (χ0) is 24.4. The molecule has 3 aromatic carbocycles. The Bertz CT molecular complexity index is 1260. The summed E-state index contributed by atoms with van der Waals surface area (Å²) in [6.07, 6.45) is 2.69. The van der Waals surface area contributed by atoms with Gasteiger partial charge in [-0.25, -0.2) is 9.18 Å². The van der Waals surface area contributed by atoms with Crippen molar-refractivity contribution >= 4 is 23.3 Å². The van der Waals surface area contributed by atoms with Crippen LogP contribution in [0.4, 0.5) is 14.9 Å². The zero-order valence-electron chi connectivity index (χ0n) is 19.6. The van der Waals surface area contributed by atoms with Crippen LogP contribution >= 0.6 is 0 Å². The number of likely N-dealkylation sites (tertiary alicyclic amines) is 1. The van der Waals surface area contributed by atoms with Gasteiger partial charge in [-0.2, -0.15) is 0 Å². The van der Waals surface area contributed by atoms with Crippen LogP contribution < -0.4 is 4.90 Å². The third kappa shape index (κ3) is 4.44. The van der Waals surface area contributed by atoms with E-state index < -0.39 is 11.4 Å². The van der Waals surface area contributed by atoms with Crippen LogP contribution in [0.25, 0.3) is 5.57 Å². The zero-order valence-corrected chi connectivity index (χ0v) is 19.6. The number of benzene rings is 3. The molecule has 35 heavy (non-hydrogen) atoms. The van der Waals surface area contributed by atoms with E-state index in [9.17, 15) is 14.0 Å². The van der Waals surface area contributed by atoms with E-state index >= 15 is 0 Å². The van der Waals surface area contributed by atoms with Gasteiger partial charge in [-0.05, 0) is 55.2 Å². The number of rotatable bonds is 4. The first-order valence-corrected chi connectivity index (χ1v) is 11.8. The largest absolute Gasteiger partial charge is 0.445 e. The minimum Gasteiger partial charge on any atom is -0.445 e. The Balaban J connectivity index is 1.42. The van der Waals surface area contributed by atoms with Gasteiger partial charge in [-0.3, -0.25) is 9.69 Å². The van der Waals surface area contributed by atoms with E-state index in [2.05, 4.69) is 0 Å². The predicted octanol–water partition coefficient (Wildman–Crippen LogP) is 5.82. The van der Waals surface area contributed by atoms with Gasteiger partial charge in [0.05, 0.1) is 5.54 Å². The summed E-state index contributed by atoms with van der Waals surface area (Å²) in [5.74, 6) is -0.553. The lowest BCUT2D eigenvalue weighted by Crippen LogP contribution is -2.57. The first-order chi connectivity index (χ1) is 17.0. The van der Waals surface area contributed by atoms with Crippen LogP contribution in [-0.4, -0.2) is 35.0 Å². The number of halogens is 1. The number of carbonyl (C=O) groups excluding carboxylic acids is 2. The highest BCUT2D eigenvalue weighted by molar-refractivity contribution is 6.30. The Morgan fingerprint density at radius 1 is 1.03 bits per heavy atom. The first kappa shape index (κ1) is 22.8. The summed E-state index contributed by atoms with van der Waals surface area (Å²) in [7, 11) is 0. The van der Waals surface area contributed by atoms with Crippen molar-refractivity contribution in [3.63, 3.8) is 0 Å². The lowest BCUT2D eigenvalue weighted by Gasteiger charge is -2.47. The molecule has 2 heterocycles. The molecule has 0 aromatic heterocycles. The maximum Gasteiger partial charge on any atom is 0.410 e. The first-order valence-electron chi connectivity index (χ1n) is 11.8. The average molecular weight is 471 g/mol. The Morgan fingerprint density at radius 3 is 2.43 bits per heavy atom. The van der Waals surface area contributed by atoms with Crippen molar-refractivity contribution in [2.75, 3.05) is 11.4 Å². The quantitative estimate of drug-likeness (QED) is 0.483. The van der Waals surface area contributed by atoms with E-state index in [1.807, 2.05) is 73.7 Å². The lowest BCUT2D eigenvalue weighted by molar-refractivity contribution is -0.113. The highest BCUT2D eigenvalue weighted by atomic mass is 19.1. The molecule has 2 amide bonds. The molecule has 1 fully saturated rings. The summed E-state index contributed by atoms with van der Waals surface area (Å²) < 4.78 is 19.7. The average Bonchev–Trinajstić information content (AvgIpc) is 3.15. The molecule has 1 saturated heterocycles. The summed E-state index contributed by atoms with van der Waals surface area (Å²) in [6.45, 7) is 2.60. The second kappa shape index (κ2) is 9.37. The van der Waals surface area contributed by atoms with Crippen LogP contribution in [0.5, 0.6) is 0 Å². The van der Waals surface area contributed by atoms with Crippen molar-refractivity contribution in [3.05, 3.63) is 108 Å². The molecule has 0 aliphatic carbocycles. The molecule has 6 heteroatoms. The number of hydrogen-bond acceptors (Lipinski definition) is 3. The van der Waals surface area contributed by atoms with Crippen LogP contribution in [0.3, 0.4) is 0 Å². The summed E-state index contributed by atoms with van der Waals surface area (Å²) in [6, 6.07) is 25.1. The number of piperidine rings is 1. The fourth-order valence-corrected chi connectivity index (χ4v) is 5.20. The Morgan fingerprint density at radius 2 is 1.74 bits per heavy atom. The maximum atomic E-state index is 14.2. The smallest absolute Gasteiger partial charge is 0.410 e. The van der Waals surface area contributed by atoms with Crippen LogP contribution in [0.1, 0.15) is 30.9 Å². The number of anilines is 1.